The molecule has 0 radical (unpaired) electrons. The molecule has 2 rings (SSSR count). The summed E-state index contributed by atoms with van der Waals surface area (Å²) in [4.78, 5) is 11.9. The second-order valence-electron chi connectivity index (χ2n) is 3.81. The molecule has 2 nitrogen and oxygen atoms in total. The van der Waals surface area contributed by atoms with Gasteiger partial charge in [0.15, 0.2) is 0 Å². The van der Waals surface area contributed by atoms with Crippen molar-refractivity contribution in [1.29, 1.82) is 0 Å². The highest BCUT2D eigenvalue weighted by Crippen LogP contribution is 2.45. The second-order valence-corrected chi connectivity index (χ2v) is 3.81. The Labute approximate surface area is 90.7 Å². The van der Waals surface area contributed by atoms with E-state index in [0.29, 0.717) is 0 Å². The van der Waals surface area contributed by atoms with Crippen LogP contribution in [0.3, 0.4) is 0 Å². The molecule has 0 bridgehead atoms. The Hall–Kier alpha value is -1.52. The zero-order chi connectivity index (χ0) is 11.9. The van der Waals surface area contributed by atoms with E-state index in [9.17, 15) is 18.0 Å². The molecule has 0 saturated carbocycles. The van der Waals surface area contributed by atoms with E-state index < -0.39 is 18.1 Å². The van der Waals surface area contributed by atoms with Gasteiger partial charge in [-0.15, -0.1) is 0 Å². The van der Waals surface area contributed by atoms with Gasteiger partial charge in [-0.1, -0.05) is 30.3 Å². The van der Waals surface area contributed by atoms with E-state index in [-0.39, 0.29) is 6.04 Å². The van der Waals surface area contributed by atoms with Crippen molar-refractivity contribution in [3.63, 3.8) is 0 Å². The molecule has 0 N–H and O–H groups in total. The number of hydrogen-bond acceptors (Lipinski definition) is 1. The molecule has 0 aromatic heterocycles. The molecule has 1 aliphatic rings. The molecule has 1 aromatic rings. The van der Waals surface area contributed by atoms with Crippen LogP contribution in [0.2, 0.25) is 0 Å². The molecule has 86 valence electrons. The monoisotopic (exact) mass is 229 g/mol. The van der Waals surface area contributed by atoms with Crippen LogP contribution in [-0.4, -0.2) is 23.0 Å². The van der Waals surface area contributed by atoms with Crippen molar-refractivity contribution >= 4 is 5.91 Å². The molecule has 0 unspecified atom stereocenters. The van der Waals surface area contributed by atoms with Crippen molar-refractivity contribution in [2.24, 2.45) is 0 Å². The summed E-state index contributed by atoms with van der Waals surface area (Å²) < 4.78 is 36.6. The molecule has 1 aromatic carbocycles. The molecule has 1 amide bonds. The Morgan fingerprint density at radius 3 is 2.31 bits per heavy atom. The van der Waals surface area contributed by atoms with Crippen LogP contribution in [0, 0.1) is 0 Å². The first-order valence-corrected chi connectivity index (χ1v) is 4.87. The minimum absolute atomic E-state index is 0.378. The number of halogens is 3. The Kier molecular flexibility index (Phi) is 2.40. The number of carbonyl (C=O) groups excluding carboxylic acids is 1. The van der Waals surface area contributed by atoms with Gasteiger partial charge in [0.25, 0.3) is 0 Å². The number of nitrogens with zero attached hydrogens (tertiary/aromatic N) is 1. The van der Waals surface area contributed by atoms with E-state index in [0.717, 1.165) is 10.5 Å². The third-order valence-corrected chi connectivity index (χ3v) is 2.72. The van der Waals surface area contributed by atoms with Gasteiger partial charge in [0.2, 0.25) is 0 Å². The highest BCUT2D eigenvalue weighted by atomic mass is 19.4. The number of alkyl halides is 3. The largest absolute Gasteiger partial charge is 0.471 e. The minimum Gasteiger partial charge on any atom is -0.321 e. The van der Waals surface area contributed by atoms with Crippen LogP contribution >= 0.6 is 0 Å². The first-order valence-electron chi connectivity index (χ1n) is 4.87. The standard InChI is InChI=1S/C11H10F3NO/c1-7-9(8-5-3-2-4-6-8)15(7)10(16)11(12,13)14/h2-7,9H,1H3/t7-,9+,15?/m1/s1. The van der Waals surface area contributed by atoms with Crippen LogP contribution in [-0.2, 0) is 4.79 Å². The molecule has 2 atom stereocenters. The number of benzene rings is 1. The van der Waals surface area contributed by atoms with Crippen LogP contribution in [0.25, 0.3) is 0 Å². The predicted octanol–water partition coefficient (Wildman–Crippen LogP) is 2.52. The maximum Gasteiger partial charge on any atom is 0.471 e. The van der Waals surface area contributed by atoms with Crippen molar-refractivity contribution in [3.8, 4) is 0 Å². The average Bonchev–Trinajstić information content (AvgIpc) is 2.88. The van der Waals surface area contributed by atoms with E-state index in [1.54, 1.807) is 37.3 Å². The topological polar surface area (TPSA) is 20.1 Å². The summed E-state index contributed by atoms with van der Waals surface area (Å²) in [6, 6.07) is 7.92. The number of carbonyl (C=O) groups is 1. The molecule has 5 heteroatoms. The molecule has 0 spiro atoms. The Morgan fingerprint density at radius 2 is 1.81 bits per heavy atom. The first-order chi connectivity index (χ1) is 7.43. The zero-order valence-electron chi connectivity index (χ0n) is 8.53. The number of amides is 1. The summed E-state index contributed by atoms with van der Waals surface area (Å²) in [5, 5.41) is 0. The van der Waals surface area contributed by atoms with Crippen molar-refractivity contribution < 1.29 is 18.0 Å². The number of hydrogen-bond donors (Lipinski definition) is 0. The molecule has 1 fully saturated rings. The van der Waals surface area contributed by atoms with Crippen molar-refractivity contribution in [1.82, 2.24) is 4.90 Å². The maximum absolute atomic E-state index is 12.2. The fraction of sp³-hybridized carbons (Fsp3) is 0.364. The first kappa shape index (κ1) is 11.0. The summed E-state index contributed by atoms with van der Waals surface area (Å²) in [5.74, 6) is -1.76. The molecular weight excluding hydrogens is 219 g/mol. The van der Waals surface area contributed by atoms with E-state index in [1.165, 1.54) is 0 Å². The normalized spacial score (nSPS) is 24.4. The lowest BCUT2D eigenvalue weighted by molar-refractivity contribution is -0.180. The third kappa shape index (κ3) is 1.77. The maximum atomic E-state index is 12.2. The smallest absolute Gasteiger partial charge is 0.321 e. The van der Waals surface area contributed by atoms with Crippen LogP contribution < -0.4 is 0 Å². The summed E-state index contributed by atoms with van der Waals surface area (Å²) >= 11 is 0. The molecule has 1 heterocycles. The summed E-state index contributed by atoms with van der Waals surface area (Å²) in [6.45, 7) is 1.61. The van der Waals surface area contributed by atoms with Gasteiger partial charge in [-0.2, -0.15) is 13.2 Å². The van der Waals surface area contributed by atoms with E-state index in [4.69, 9.17) is 0 Å². The minimum atomic E-state index is -4.78. The van der Waals surface area contributed by atoms with Gasteiger partial charge in [0.1, 0.15) is 0 Å². The number of rotatable bonds is 1. The summed E-state index contributed by atoms with van der Waals surface area (Å²) in [7, 11) is 0. The lowest BCUT2D eigenvalue weighted by Crippen LogP contribution is -2.30. The lowest BCUT2D eigenvalue weighted by Gasteiger charge is -2.07. The van der Waals surface area contributed by atoms with Crippen LogP contribution in [0.15, 0.2) is 30.3 Å². The van der Waals surface area contributed by atoms with E-state index >= 15 is 0 Å². The highest BCUT2D eigenvalue weighted by Gasteiger charge is 2.56. The molecule has 16 heavy (non-hydrogen) atoms. The van der Waals surface area contributed by atoms with Gasteiger partial charge in [0, 0.05) is 0 Å². The van der Waals surface area contributed by atoms with Gasteiger partial charge >= 0.3 is 12.1 Å². The Bertz CT molecular complexity index is 401. The van der Waals surface area contributed by atoms with Crippen molar-refractivity contribution in [2.45, 2.75) is 25.2 Å². The van der Waals surface area contributed by atoms with Gasteiger partial charge in [-0.3, -0.25) is 4.79 Å². The SMILES string of the molecule is C[C@@H]1[C@@H](c2ccccc2)N1C(=O)C(F)(F)F. The van der Waals surface area contributed by atoms with Gasteiger partial charge in [0.05, 0.1) is 12.1 Å². The van der Waals surface area contributed by atoms with Crippen LogP contribution in [0.4, 0.5) is 13.2 Å². The van der Waals surface area contributed by atoms with E-state index in [2.05, 4.69) is 0 Å². The highest BCUT2D eigenvalue weighted by molar-refractivity contribution is 5.85. The fourth-order valence-corrected chi connectivity index (χ4v) is 1.90. The quantitative estimate of drug-likeness (QED) is 0.677. The van der Waals surface area contributed by atoms with Crippen molar-refractivity contribution in [2.75, 3.05) is 0 Å². The van der Waals surface area contributed by atoms with Crippen molar-refractivity contribution in [3.05, 3.63) is 35.9 Å². The Balaban J connectivity index is 2.16. The van der Waals surface area contributed by atoms with E-state index in [1.807, 2.05) is 0 Å². The molecule has 0 aliphatic carbocycles. The van der Waals surface area contributed by atoms with Crippen LogP contribution in [0.5, 0.6) is 0 Å². The van der Waals surface area contributed by atoms with Gasteiger partial charge < -0.3 is 4.90 Å². The zero-order valence-corrected chi connectivity index (χ0v) is 8.53. The second kappa shape index (κ2) is 3.50. The molecule has 1 saturated heterocycles. The molecular formula is C11H10F3NO. The lowest BCUT2D eigenvalue weighted by atomic mass is 10.1. The average molecular weight is 229 g/mol. The fourth-order valence-electron chi connectivity index (χ4n) is 1.90. The summed E-state index contributed by atoms with van der Waals surface area (Å²) in [6.07, 6.45) is -4.78. The third-order valence-electron chi connectivity index (χ3n) is 2.72. The molecule has 1 aliphatic heterocycles. The van der Waals surface area contributed by atoms with Gasteiger partial charge in [-0.25, -0.2) is 0 Å². The van der Waals surface area contributed by atoms with Crippen LogP contribution in [0.1, 0.15) is 18.5 Å². The Morgan fingerprint density at radius 1 is 1.25 bits per heavy atom. The van der Waals surface area contributed by atoms with Gasteiger partial charge in [-0.05, 0) is 12.5 Å². The predicted molar refractivity (Wildman–Crippen MR) is 51.5 cm³/mol. The summed E-state index contributed by atoms with van der Waals surface area (Å²) in [5.41, 5.74) is 0.743.